The average molecular weight is 523 g/mol. The van der Waals surface area contributed by atoms with Gasteiger partial charge in [-0.3, -0.25) is 9.18 Å². The van der Waals surface area contributed by atoms with Crippen LogP contribution in [0.3, 0.4) is 0 Å². The average Bonchev–Trinajstić information content (AvgIpc) is 3.41. The van der Waals surface area contributed by atoms with Crippen LogP contribution >= 0.6 is 0 Å². The molecule has 1 unspecified atom stereocenters. The van der Waals surface area contributed by atoms with Crippen molar-refractivity contribution < 1.29 is 32.2 Å². The number of carbonyl (C=O) groups excluding carboxylic acids is 1. The number of carbonyl (C=O) groups is 1. The Morgan fingerprint density at radius 3 is 2.42 bits per heavy atom. The van der Waals surface area contributed by atoms with Gasteiger partial charge in [0, 0.05) is 19.7 Å². The molecular formula is C26H35FN2O6S. The number of amides is 1. The van der Waals surface area contributed by atoms with Gasteiger partial charge in [-0.25, -0.2) is 8.42 Å². The molecule has 3 rings (SSSR count). The first-order valence-corrected chi connectivity index (χ1v) is 13.5. The number of benzene rings is 2. The predicted octanol–water partition coefficient (Wildman–Crippen LogP) is 2.48. The van der Waals surface area contributed by atoms with Crippen LogP contribution in [0, 0.1) is 5.92 Å². The number of halogens is 1. The molecule has 2 N–H and O–H groups in total. The number of hydrogen-bond acceptors (Lipinski definition) is 6. The van der Waals surface area contributed by atoms with Crippen LogP contribution in [0.15, 0.2) is 65.6 Å². The molecule has 1 saturated heterocycles. The van der Waals surface area contributed by atoms with Crippen molar-refractivity contribution >= 4 is 15.9 Å². The van der Waals surface area contributed by atoms with E-state index in [4.69, 9.17) is 9.47 Å². The van der Waals surface area contributed by atoms with Gasteiger partial charge in [0.15, 0.2) is 0 Å². The Balaban J connectivity index is 1.86. The summed E-state index contributed by atoms with van der Waals surface area (Å²) < 4.78 is 52.2. The summed E-state index contributed by atoms with van der Waals surface area (Å²) in [6, 6.07) is 16.6. The van der Waals surface area contributed by atoms with Crippen molar-refractivity contribution in [1.82, 2.24) is 9.62 Å². The normalized spacial score (nSPS) is 19.5. The number of ether oxygens (including phenoxy) is 2. The molecule has 2 aromatic carbocycles. The van der Waals surface area contributed by atoms with E-state index in [9.17, 15) is 22.7 Å². The smallest absolute Gasteiger partial charge is 0.246 e. The first kappa shape index (κ1) is 28.2. The number of sulfonamides is 1. The molecule has 1 aliphatic rings. The lowest BCUT2D eigenvalue weighted by Gasteiger charge is -2.38. The summed E-state index contributed by atoms with van der Waals surface area (Å²) in [6.45, 7) is 2.80. The van der Waals surface area contributed by atoms with Gasteiger partial charge in [0.1, 0.15) is 6.61 Å². The van der Waals surface area contributed by atoms with E-state index in [2.05, 4.69) is 5.32 Å². The van der Waals surface area contributed by atoms with Gasteiger partial charge in [-0.2, -0.15) is 4.31 Å². The number of aliphatic hydroxyl groups excluding tert-OH is 1. The van der Waals surface area contributed by atoms with Crippen LogP contribution in [0.4, 0.5) is 4.39 Å². The number of nitrogens with zero attached hydrogens (tertiary/aromatic N) is 1. The SMILES string of the molecule is CC(CF)CN(C[C@@H](O)[C@@](C)(NC(=O)CO[C@H]1CCOC1)c1ccccc1)S(=O)(=O)c1ccccc1. The zero-order chi connectivity index (χ0) is 26.2. The van der Waals surface area contributed by atoms with E-state index < -0.39 is 40.2 Å². The zero-order valence-corrected chi connectivity index (χ0v) is 21.5. The minimum absolute atomic E-state index is 0.0425. The van der Waals surface area contributed by atoms with Crippen molar-refractivity contribution in [3.05, 3.63) is 66.2 Å². The molecule has 0 aromatic heterocycles. The van der Waals surface area contributed by atoms with Gasteiger partial charge in [0.05, 0.1) is 35.9 Å². The maximum absolute atomic E-state index is 13.4. The maximum Gasteiger partial charge on any atom is 0.246 e. The van der Waals surface area contributed by atoms with Crippen LogP contribution in [0.2, 0.25) is 0 Å². The lowest BCUT2D eigenvalue weighted by molar-refractivity contribution is -0.131. The van der Waals surface area contributed by atoms with E-state index in [1.54, 1.807) is 62.4 Å². The molecule has 1 amide bonds. The van der Waals surface area contributed by atoms with E-state index in [0.29, 0.717) is 25.2 Å². The topological polar surface area (TPSA) is 105 Å². The second-order valence-corrected chi connectivity index (χ2v) is 11.3. The number of hydrogen-bond donors (Lipinski definition) is 2. The van der Waals surface area contributed by atoms with Gasteiger partial charge < -0.3 is 19.9 Å². The first-order valence-electron chi connectivity index (χ1n) is 12.0. The second-order valence-electron chi connectivity index (χ2n) is 9.32. The van der Waals surface area contributed by atoms with Crippen LogP contribution in [0.5, 0.6) is 0 Å². The quantitative estimate of drug-likeness (QED) is 0.419. The highest BCUT2D eigenvalue weighted by molar-refractivity contribution is 7.89. The molecule has 1 fully saturated rings. The van der Waals surface area contributed by atoms with Gasteiger partial charge in [-0.1, -0.05) is 55.5 Å². The Labute approximate surface area is 212 Å². The summed E-state index contributed by atoms with van der Waals surface area (Å²) in [6.07, 6.45) is -0.827. The molecular weight excluding hydrogens is 487 g/mol. The Hall–Kier alpha value is -2.37. The molecule has 0 radical (unpaired) electrons. The predicted molar refractivity (Wildman–Crippen MR) is 133 cm³/mol. The van der Waals surface area contributed by atoms with Crippen molar-refractivity contribution in [3.63, 3.8) is 0 Å². The fourth-order valence-corrected chi connectivity index (χ4v) is 5.67. The van der Waals surface area contributed by atoms with Crippen LogP contribution in [-0.4, -0.2) is 75.5 Å². The maximum atomic E-state index is 13.4. The van der Waals surface area contributed by atoms with Crippen molar-refractivity contribution in [3.8, 4) is 0 Å². The highest BCUT2D eigenvalue weighted by Crippen LogP contribution is 2.28. The van der Waals surface area contributed by atoms with Crippen LogP contribution in [0.25, 0.3) is 0 Å². The van der Waals surface area contributed by atoms with Crippen LogP contribution in [0.1, 0.15) is 25.8 Å². The standard InChI is InChI=1S/C26H35FN2O6S/c1-20(15-27)16-29(36(32,33)23-11-7-4-8-12-23)17-24(30)26(2,21-9-5-3-6-10-21)28-25(31)19-35-22-13-14-34-18-22/h3-12,20,22,24,30H,13-19H2,1-2H3,(H,28,31)/t20?,22-,24+,26-/m0/s1. The molecule has 0 spiro atoms. The third-order valence-corrected chi connectivity index (χ3v) is 8.16. The monoisotopic (exact) mass is 522 g/mol. The van der Waals surface area contributed by atoms with E-state index in [1.165, 1.54) is 12.1 Å². The first-order chi connectivity index (χ1) is 17.2. The number of alkyl halides is 1. The molecule has 0 aliphatic carbocycles. The minimum atomic E-state index is -4.04. The second kappa shape index (κ2) is 12.7. The Morgan fingerprint density at radius 2 is 1.83 bits per heavy atom. The highest BCUT2D eigenvalue weighted by atomic mass is 32.2. The van der Waals surface area contributed by atoms with Crippen molar-refractivity contribution in [2.24, 2.45) is 5.92 Å². The van der Waals surface area contributed by atoms with Crippen molar-refractivity contribution in [2.75, 3.05) is 39.6 Å². The summed E-state index contributed by atoms with van der Waals surface area (Å²) in [5, 5.41) is 14.3. The molecule has 8 nitrogen and oxygen atoms in total. The lowest BCUT2D eigenvalue weighted by atomic mass is 9.86. The summed E-state index contributed by atoms with van der Waals surface area (Å²) >= 11 is 0. The zero-order valence-electron chi connectivity index (χ0n) is 20.7. The molecule has 1 aliphatic heterocycles. The number of nitrogens with one attached hydrogen (secondary N) is 1. The largest absolute Gasteiger partial charge is 0.389 e. The van der Waals surface area contributed by atoms with E-state index in [0.717, 1.165) is 4.31 Å². The molecule has 4 atom stereocenters. The molecule has 198 valence electrons. The summed E-state index contributed by atoms with van der Waals surface area (Å²) in [5.74, 6) is -1.04. The third kappa shape index (κ3) is 7.10. The third-order valence-electron chi connectivity index (χ3n) is 6.31. The Bertz CT molecular complexity index is 1070. The van der Waals surface area contributed by atoms with E-state index in [-0.39, 0.29) is 30.7 Å². The fourth-order valence-electron chi connectivity index (χ4n) is 4.08. The van der Waals surface area contributed by atoms with E-state index >= 15 is 0 Å². The van der Waals surface area contributed by atoms with Crippen LogP contribution < -0.4 is 5.32 Å². The molecule has 0 saturated carbocycles. The van der Waals surface area contributed by atoms with Crippen molar-refractivity contribution in [1.29, 1.82) is 0 Å². The molecule has 10 heteroatoms. The van der Waals surface area contributed by atoms with E-state index in [1.807, 2.05) is 0 Å². The number of aliphatic hydroxyl groups is 1. The van der Waals surface area contributed by atoms with Gasteiger partial charge in [0.25, 0.3) is 0 Å². The van der Waals surface area contributed by atoms with Gasteiger partial charge in [-0.05, 0) is 37.0 Å². The van der Waals surface area contributed by atoms with Crippen LogP contribution in [-0.2, 0) is 29.8 Å². The molecule has 1 heterocycles. The lowest BCUT2D eigenvalue weighted by Crippen LogP contribution is -2.57. The van der Waals surface area contributed by atoms with Gasteiger partial charge in [-0.15, -0.1) is 0 Å². The fraction of sp³-hybridized carbons (Fsp3) is 0.500. The summed E-state index contributed by atoms with van der Waals surface area (Å²) in [5.41, 5.74) is -0.761. The molecule has 2 aromatic rings. The summed E-state index contributed by atoms with van der Waals surface area (Å²) in [4.78, 5) is 12.9. The van der Waals surface area contributed by atoms with Gasteiger partial charge in [0.2, 0.25) is 15.9 Å². The molecule has 0 bridgehead atoms. The number of rotatable bonds is 13. The highest BCUT2D eigenvalue weighted by Gasteiger charge is 2.40. The molecule has 36 heavy (non-hydrogen) atoms. The Kier molecular flexibility index (Phi) is 9.98. The van der Waals surface area contributed by atoms with Crippen molar-refractivity contribution in [2.45, 2.75) is 42.9 Å². The minimum Gasteiger partial charge on any atom is -0.389 e. The van der Waals surface area contributed by atoms with Gasteiger partial charge >= 0.3 is 0 Å². The summed E-state index contributed by atoms with van der Waals surface area (Å²) in [7, 11) is -4.04. The Morgan fingerprint density at radius 1 is 1.19 bits per heavy atom.